The molecule has 0 aromatic heterocycles. The molecule has 0 bridgehead atoms. The van der Waals surface area contributed by atoms with Gasteiger partial charge in [-0.05, 0) is 48.1 Å². The van der Waals surface area contributed by atoms with Crippen molar-refractivity contribution in [2.75, 3.05) is 37.6 Å². The molecule has 1 aliphatic carbocycles. The molecular formula is C20H23BrClFN2. The van der Waals surface area contributed by atoms with Crippen LogP contribution in [0, 0.1) is 11.7 Å². The van der Waals surface area contributed by atoms with Crippen LogP contribution in [-0.4, -0.2) is 37.6 Å². The number of nitrogens with zero attached hydrogens (tertiary/aromatic N) is 2. The first-order chi connectivity index (χ1) is 11.7. The third-order valence-electron chi connectivity index (χ3n) is 5.28. The molecule has 1 heterocycles. The van der Waals surface area contributed by atoms with E-state index >= 15 is 0 Å². The average molecular weight is 426 g/mol. The Labute approximate surface area is 164 Å². The van der Waals surface area contributed by atoms with Gasteiger partial charge < -0.3 is 4.90 Å². The molecule has 2 aromatic rings. The zero-order valence-electron chi connectivity index (χ0n) is 14.1. The summed E-state index contributed by atoms with van der Waals surface area (Å²) < 4.78 is 13.0. The number of para-hydroxylation sites is 1. The third kappa shape index (κ3) is 4.36. The third-order valence-corrected chi connectivity index (χ3v) is 5.60. The molecule has 0 radical (unpaired) electrons. The van der Waals surface area contributed by atoms with E-state index < -0.39 is 0 Å². The van der Waals surface area contributed by atoms with Crippen LogP contribution in [0.3, 0.4) is 0 Å². The smallest absolute Gasteiger partial charge is 0.123 e. The summed E-state index contributed by atoms with van der Waals surface area (Å²) in [6.45, 7) is 5.36. The number of benzene rings is 2. The van der Waals surface area contributed by atoms with Crippen molar-refractivity contribution in [1.82, 2.24) is 4.90 Å². The van der Waals surface area contributed by atoms with Crippen molar-refractivity contribution in [2.45, 2.75) is 12.3 Å². The minimum atomic E-state index is -0.147. The van der Waals surface area contributed by atoms with Crippen molar-refractivity contribution in [3.63, 3.8) is 0 Å². The largest absolute Gasteiger partial charge is 0.368 e. The lowest BCUT2D eigenvalue weighted by atomic mass is 10.1. The second kappa shape index (κ2) is 8.07. The Balaban J connectivity index is 0.00000182. The Bertz CT molecular complexity index is 701. The lowest BCUT2D eigenvalue weighted by molar-refractivity contribution is 0.246. The Kier molecular flexibility index (Phi) is 6.03. The first-order valence-electron chi connectivity index (χ1n) is 8.68. The van der Waals surface area contributed by atoms with E-state index in [1.807, 2.05) is 30.3 Å². The minimum absolute atomic E-state index is 0. The first-order valence-corrected chi connectivity index (χ1v) is 9.06. The molecule has 2 aromatic carbocycles. The van der Waals surface area contributed by atoms with Crippen LogP contribution in [0.1, 0.15) is 17.9 Å². The van der Waals surface area contributed by atoms with Gasteiger partial charge in [-0.2, -0.15) is 0 Å². The van der Waals surface area contributed by atoms with Crippen LogP contribution in [0.25, 0.3) is 0 Å². The molecule has 0 N–H and O–H groups in total. The zero-order valence-corrected chi connectivity index (χ0v) is 16.5. The molecule has 2 atom stereocenters. The molecule has 1 saturated carbocycles. The van der Waals surface area contributed by atoms with Crippen molar-refractivity contribution >= 4 is 34.3 Å². The maximum absolute atomic E-state index is 13.0. The van der Waals surface area contributed by atoms with Crippen LogP contribution < -0.4 is 4.90 Å². The Morgan fingerprint density at radius 3 is 2.32 bits per heavy atom. The van der Waals surface area contributed by atoms with E-state index in [0.717, 1.165) is 49.4 Å². The summed E-state index contributed by atoms with van der Waals surface area (Å²) in [4.78, 5) is 4.94. The van der Waals surface area contributed by atoms with Crippen molar-refractivity contribution in [2.24, 2.45) is 5.92 Å². The standard InChI is InChI=1S/C20H22ClFN2.BrH/c21-19-3-1-2-4-20(19)24-11-9-23(10-12-24)14-16-13-18(16)15-5-7-17(22)8-6-15;/h1-8,16,18H,9-14H2;1H/t16-,18-;/m1./s1. The van der Waals surface area contributed by atoms with E-state index in [4.69, 9.17) is 11.6 Å². The van der Waals surface area contributed by atoms with Gasteiger partial charge in [-0.15, -0.1) is 17.0 Å². The molecule has 1 aliphatic heterocycles. The molecule has 5 heteroatoms. The normalized spacial score (nSPS) is 23.2. The van der Waals surface area contributed by atoms with Gasteiger partial charge in [-0.3, -0.25) is 4.90 Å². The van der Waals surface area contributed by atoms with E-state index in [1.54, 1.807) is 12.1 Å². The van der Waals surface area contributed by atoms with Crippen molar-refractivity contribution in [3.8, 4) is 0 Å². The fourth-order valence-corrected chi connectivity index (χ4v) is 4.03. The van der Waals surface area contributed by atoms with Gasteiger partial charge >= 0.3 is 0 Å². The van der Waals surface area contributed by atoms with E-state index in [0.29, 0.717) is 5.92 Å². The first kappa shape index (κ1) is 18.7. The molecule has 0 amide bonds. The molecule has 2 nitrogen and oxygen atoms in total. The molecule has 4 rings (SSSR count). The fourth-order valence-electron chi connectivity index (χ4n) is 3.78. The molecule has 0 spiro atoms. The van der Waals surface area contributed by atoms with E-state index in [-0.39, 0.29) is 22.8 Å². The van der Waals surface area contributed by atoms with Crippen LogP contribution in [0.2, 0.25) is 5.02 Å². The Hall–Kier alpha value is -1.10. The SMILES string of the molecule is Br.Fc1ccc([C@H]2C[C@@H]2CN2CCN(c3ccccc3Cl)CC2)cc1. The lowest BCUT2D eigenvalue weighted by Crippen LogP contribution is -2.47. The summed E-state index contributed by atoms with van der Waals surface area (Å²) in [5.41, 5.74) is 2.44. The van der Waals surface area contributed by atoms with Crippen molar-refractivity contribution < 1.29 is 4.39 Å². The van der Waals surface area contributed by atoms with Crippen LogP contribution >= 0.6 is 28.6 Å². The maximum atomic E-state index is 13.0. The summed E-state index contributed by atoms with van der Waals surface area (Å²) in [5.74, 6) is 1.20. The predicted octanol–water partition coefficient (Wildman–Crippen LogP) is 4.98. The van der Waals surface area contributed by atoms with Gasteiger partial charge in [0.1, 0.15) is 5.82 Å². The number of anilines is 1. The summed E-state index contributed by atoms with van der Waals surface area (Å²) in [7, 11) is 0. The Morgan fingerprint density at radius 2 is 1.64 bits per heavy atom. The van der Waals surface area contributed by atoms with Crippen LogP contribution in [-0.2, 0) is 0 Å². The molecule has 2 aliphatic rings. The predicted molar refractivity (Wildman–Crippen MR) is 108 cm³/mol. The van der Waals surface area contributed by atoms with Gasteiger partial charge in [-0.1, -0.05) is 35.9 Å². The fraction of sp³-hybridized carbons (Fsp3) is 0.400. The summed E-state index contributed by atoms with van der Waals surface area (Å²) in [6, 6.07) is 15.1. The molecule has 0 unspecified atom stereocenters. The van der Waals surface area contributed by atoms with Gasteiger partial charge in [0.25, 0.3) is 0 Å². The van der Waals surface area contributed by atoms with Crippen molar-refractivity contribution in [3.05, 3.63) is 64.9 Å². The van der Waals surface area contributed by atoms with Gasteiger partial charge in [0.2, 0.25) is 0 Å². The second-order valence-corrected chi connectivity index (χ2v) is 7.30. The maximum Gasteiger partial charge on any atom is 0.123 e. The number of halogens is 3. The number of piperazine rings is 1. The molecular weight excluding hydrogens is 403 g/mol. The average Bonchev–Trinajstić information content (AvgIpc) is 3.36. The highest BCUT2D eigenvalue weighted by molar-refractivity contribution is 8.93. The second-order valence-electron chi connectivity index (χ2n) is 6.89. The number of rotatable bonds is 4. The van der Waals surface area contributed by atoms with Crippen LogP contribution in [0.15, 0.2) is 48.5 Å². The monoisotopic (exact) mass is 424 g/mol. The highest BCUT2D eigenvalue weighted by Crippen LogP contribution is 2.47. The van der Waals surface area contributed by atoms with Crippen LogP contribution in [0.5, 0.6) is 0 Å². The van der Waals surface area contributed by atoms with E-state index in [9.17, 15) is 4.39 Å². The zero-order chi connectivity index (χ0) is 16.5. The highest BCUT2D eigenvalue weighted by atomic mass is 79.9. The van der Waals surface area contributed by atoms with Gasteiger partial charge in [0.05, 0.1) is 10.7 Å². The molecule has 2 fully saturated rings. The lowest BCUT2D eigenvalue weighted by Gasteiger charge is -2.36. The van der Waals surface area contributed by atoms with Gasteiger partial charge in [0, 0.05) is 32.7 Å². The number of hydrogen-bond acceptors (Lipinski definition) is 2. The van der Waals surface area contributed by atoms with Crippen molar-refractivity contribution in [1.29, 1.82) is 0 Å². The topological polar surface area (TPSA) is 6.48 Å². The van der Waals surface area contributed by atoms with E-state index in [1.165, 1.54) is 12.0 Å². The molecule has 134 valence electrons. The van der Waals surface area contributed by atoms with Gasteiger partial charge in [-0.25, -0.2) is 4.39 Å². The van der Waals surface area contributed by atoms with Crippen LogP contribution in [0.4, 0.5) is 10.1 Å². The minimum Gasteiger partial charge on any atom is -0.368 e. The summed E-state index contributed by atoms with van der Waals surface area (Å²) >= 11 is 6.30. The molecule has 1 saturated heterocycles. The molecule has 25 heavy (non-hydrogen) atoms. The highest BCUT2D eigenvalue weighted by Gasteiger charge is 2.39. The summed E-state index contributed by atoms with van der Waals surface area (Å²) in [6.07, 6.45) is 1.23. The Morgan fingerprint density at radius 1 is 0.960 bits per heavy atom. The van der Waals surface area contributed by atoms with E-state index in [2.05, 4.69) is 15.9 Å². The number of hydrogen-bond donors (Lipinski definition) is 0. The summed E-state index contributed by atoms with van der Waals surface area (Å²) in [5, 5.41) is 0.838. The van der Waals surface area contributed by atoms with Gasteiger partial charge in [0.15, 0.2) is 0 Å². The quantitative estimate of drug-likeness (QED) is 0.681.